The van der Waals surface area contributed by atoms with Crippen LogP contribution in [0, 0.1) is 5.82 Å². The van der Waals surface area contributed by atoms with Crippen molar-refractivity contribution < 1.29 is 23.8 Å². The average Bonchev–Trinajstić information content (AvgIpc) is 3.34. The minimum absolute atomic E-state index is 0.0589. The van der Waals surface area contributed by atoms with Crippen molar-refractivity contribution in [3.05, 3.63) is 101 Å². The fourth-order valence-electron chi connectivity index (χ4n) is 7.56. The van der Waals surface area contributed by atoms with E-state index >= 15 is 0 Å². The van der Waals surface area contributed by atoms with E-state index in [9.17, 15) is 19.1 Å². The van der Waals surface area contributed by atoms with Crippen molar-refractivity contribution in [3.63, 3.8) is 0 Å². The van der Waals surface area contributed by atoms with Crippen molar-refractivity contribution >= 4 is 11.9 Å². The minimum atomic E-state index is -0.214. The molecule has 2 fully saturated rings. The van der Waals surface area contributed by atoms with Crippen LogP contribution in [0.3, 0.4) is 0 Å². The van der Waals surface area contributed by atoms with Crippen LogP contribution >= 0.6 is 0 Å². The molecule has 0 saturated carbocycles. The Bertz CT molecular complexity index is 1550. The van der Waals surface area contributed by atoms with Gasteiger partial charge in [-0.3, -0.25) is 19.4 Å². The van der Waals surface area contributed by atoms with E-state index in [2.05, 4.69) is 40.7 Å². The van der Waals surface area contributed by atoms with Gasteiger partial charge in [0.2, 0.25) is 0 Å². The molecule has 270 valence electrons. The number of aromatic hydroxyl groups is 1. The maximum atomic E-state index is 14.0. The van der Waals surface area contributed by atoms with Crippen LogP contribution < -0.4 is 0 Å². The molecule has 0 unspecified atom stereocenters. The zero-order valence-corrected chi connectivity index (χ0v) is 30.1. The zero-order chi connectivity index (χ0) is 35.5. The molecule has 3 atom stereocenters. The first kappa shape index (κ1) is 37.5. The summed E-state index contributed by atoms with van der Waals surface area (Å²) in [6.07, 6.45) is 5.51. The maximum absolute atomic E-state index is 14.0. The Labute approximate surface area is 297 Å². The summed E-state index contributed by atoms with van der Waals surface area (Å²) in [6, 6.07) is 22.6. The normalized spacial score (nSPS) is 20.0. The molecule has 3 aromatic carbocycles. The lowest BCUT2D eigenvalue weighted by atomic mass is 9.92. The molecule has 0 radical (unpaired) electrons. The number of esters is 1. The van der Waals surface area contributed by atoms with Gasteiger partial charge in [-0.25, -0.2) is 4.39 Å². The van der Waals surface area contributed by atoms with Gasteiger partial charge in [-0.05, 0) is 106 Å². The number of hydrogen-bond donors (Lipinski definition) is 1. The fourth-order valence-corrected chi connectivity index (χ4v) is 7.56. The molecule has 9 heteroatoms. The van der Waals surface area contributed by atoms with Crippen LogP contribution in [-0.4, -0.2) is 101 Å². The second kappa shape index (κ2) is 18.4. The van der Waals surface area contributed by atoms with Gasteiger partial charge in [0.05, 0.1) is 12.6 Å². The molecule has 5 rings (SSSR count). The summed E-state index contributed by atoms with van der Waals surface area (Å²) in [7, 11) is 0. The summed E-state index contributed by atoms with van der Waals surface area (Å²) in [5, 5.41) is 10.5. The van der Waals surface area contributed by atoms with E-state index in [0.717, 1.165) is 88.1 Å². The van der Waals surface area contributed by atoms with Crippen LogP contribution in [0.2, 0.25) is 0 Å². The van der Waals surface area contributed by atoms with E-state index in [1.807, 2.05) is 48.2 Å². The molecule has 0 spiro atoms. The van der Waals surface area contributed by atoms with Crippen LogP contribution in [0.1, 0.15) is 92.4 Å². The van der Waals surface area contributed by atoms with E-state index in [0.29, 0.717) is 31.7 Å². The number of hydrogen-bond acceptors (Lipinski definition) is 7. The molecule has 2 saturated heterocycles. The van der Waals surface area contributed by atoms with E-state index in [4.69, 9.17) is 4.74 Å². The molecule has 2 aliphatic heterocycles. The molecule has 2 aliphatic rings. The van der Waals surface area contributed by atoms with Crippen molar-refractivity contribution in [2.24, 2.45) is 0 Å². The summed E-state index contributed by atoms with van der Waals surface area (Å²) in [5.41, 5.74) is 3.66. The molecule has 8 nitrogen and oxygen atoms in total. The standard InChI is InChI=1S/C41H55FN4O4/c1-4-50-39(48)19-7-5-6-8-20-43-21-12-22-44(24-23-43)41(49)36-16-10-14-34(26-36)40(35-15-11-18-38(47)27-35)46-29-31(2)45(28-32(46)3)30-33-13-9-17-37(42)25-33/h9-11,13-18,25-27,31-32,40,47H,4-8,12,19-24,28-30H2,1-3H3/t31-,32+,40-/m1/s1. The number of carbonyl (C=O) groups is 2. The first-order valence-electron chi connectivity index (χ1n) is 18.5. The molecule has 2 heterocycles. The van der Waals surface area contributed by atoms with Gasteiger partial charge in [0, 0.05) is 63.3 Å². The highest BCUT2D eigenvalue weighted by molar-refractivity contribution is 5.94. The lowest BCUT2D eigenvalue weighted by molar-refractivity contribution is -0.143. The molecule has 0 aromatic heterocycles. The molecule has 0 bridgehead atoms. The quantitative estimate of drug-likeness (QED) is 0.147. The van der Waals surface area contributed by atoms with Crippen molar-refractivity contribution in [2.45, 2.75) is 84.0 Å². The van der Waals surface area contributed by atoms with Crippen molar-refractivity contribution in [1.82, 2.24) is 19.6 Å². The van der Waals surface area contributed by atoms with Gasteiger partial charge in [0.1, 0.15) is 11.6 Å². The second-order valence-corrected chi connectivity index (χ2v) is 14.0. The lowest BCUT2D eigenvalue weighted by Gasteiger charge is -2.47. The number of phenolic OH excluding ortho intramolecular Hbond substituents is 1. The number of carbonyl (C=O) groups excluding carboxylic acids is 2. The predicted octanol–water partition coefficient (Wildman–Crippen LogP) is 6.88. The Morgan fingerprint density at radius 3 is 2.40 bits per heavy atom. The number of rotatable bonds is 14. The van der Waals surface area contributed by atoms with Gasteiger partial charge in [-0.15, -0.1) is 0 Å². The lowest BCUT2D eigenvalue weighted by Crippen LogP contribution is -2.56. The number of piperazine rings is 1. The summed E-state index contributed by atoms with van der Waals surface area (Å²) < 4.78 is 19.0. The predicted molar refractivity (Wildman–Crippen MR) is 196 cm³/mol. The first-order valence-corrected chi connectivity index (χ1v) is 18.5. The third-order valence-corrected chi connectivity index (χ3v) is 10.2. The van der Waals surface area contributed by atoms with E-state index < -0.39 is 0 Å². The molecule has 50 heavy (non-hydrogen) atoms. The maximum Gasteiger partial charge on any atom is 0.305 e. The number of amides is 1. The third-order valence-electron chi connectivity index (χ3n) is 10.2. The Morgan fingerprint density at radius 1 is 0.860 bits per heavy atom. The zero-order valence-electron chi connectivity index (χ0n) is 30.1. The Kier molecular flexibility index (Phi) is 13.8. The largest absolute Gasteiger partial charge is 0.508 e. The summed E-state index contributed by atoms with van der Waals surface area (Å²) >= 11 is 0. The molecule has 1 N–H and O–H groups in total. The molecular formula is C41H55FN4O4. The summed E-state index contributed by atoms with van der Waals surface area (Å²) in [4.78, 5) is 34.9. The van der Waals surface area contributed by atoms with E-state index in [-0.39, 0.29) is 41.6 Å². The summed E-state index contributed by atoms with van der Waals surface area (Å²) in [6.45, 7) is 13.3. The number of unbranched alkanes of at least 4 members (excludes halogenated alkanes) is 3. The third kappa shape index (κ3) is 10.4. The number of phenols is 1. The fraction of sp³-hybridized carbons (Fsp3) is 0.512. The van der Waals surface area contributed by atoms with Crippen LogP contribution in [-0.2, 0) is 16.1 Å². The topological polar surface area (TPSA) is 76.6 Å². The Balaban J connectivity index is 1.23. The number of benzene rings is 3. The Morgan fingerprint density at radius 2 is 1.62 bits per heavy atom. The van der Waals surface area contributed by atoms with Gasteiger partial charge < -0.3 is 19.6 Å². The number of halogens is 1. The highest BCUT2D eigenvalue weighted by Gasteiger charge is 2.35. The number of ether oxygens (including phenoxy) is 1. The monoisotopic (exact) mass is 686 g/mol. The van der Waals surface area contributed by atoms with Crippen LogP contribution in [0.4, 0.5) is 4.39 Å². The summed E-state index contributed by atoms with van der Waals surface area (Å²) in [5.74, 6) is -0.0421. The second-order valence-electron chi connectivity index (χ2n) is 14.0. The Hall–Kier alpha value is -3.79. The molecule has 0 aliphatic carbocycles. The van der Waals surface area contributed by atoms with E-state index in [1.165, 1.54) is 6.07 Å². The smallest absolute Gasteiger partial charge is 0.305 e. The molecule has 3 aromatic rings. The molecular weight excluding hydrogens is 631 g/mol. The minimum Gasteiger partial charge on any atom is -0.508 e. The molecule has 1 amide bonds. The van der Waals surface area contributed by atoms with Crippen LogP contribution in [0.15, 0.2) is 72.8 Å². The van der Waals surface area contributed by atoms with Crippen LogP contribution in [0.25, 0.3) is 0 Å². The number of nitrogens with zero attached hydrogens (tertiary/aromatic N) is 4. The van der Waals surface area contributed by atoms with Crippen molar-refractivity contribution in [2.75, 3.05) is 52.4 Å². The van der Waals surface area contributed by atoms with E-state index in [1.54, 1.807) is 18.2 Å². The van der Waals surface area contributed by atoms with Crippen molar-refractivity contribution in [1.29, 1.82) is 0 Å². The van der Waals surface area contributed by atoms with Gasteiger partial charge in [-0.1, -0.05) is 49.2 Å². The van der Waals surface area contributed by atoms with Crippen molar-refractivity contribution in [3.8, 4) is 5.75 Å². The van der Waals surface area contributed by atoms with Gasteiger partial charge in [0.15, 0.2) is 0 Å². The van der Waals surface area contributed by atoms with Gasteiger partial charge >= 0.3 is 5.97 Å². The first-order chi connectivity index (χ1) is 24.2. The van der Waals surface area contributed by atoms with Gasteiger partial charge in [-0.2, -0.15) is 0 Å². The SMILES string of the molecule is CCOC(=O)CCCCCCN1CCCN(C(=O)c2cccc([C@H](c3cccc(O)c3)N3C[C@@H](C)N(Cc4cccc(F)c4)C[C@@H]3C)c2)CC1. The highest BCUT2D eigenvalue weighted by atomic mass is 19.1. The highest BCUT2D eigenvalue weighted by Crippen LogP contribution is 2.35. The van der Waals surface area contributed by atoms with Crippen LogP contribution in [0.5, 0.6) is 5.75 Å². The van der Waals surface area contributed by atoms with Gasteiger partial charge in [0.25, 0.3) is 5.91 Å². The average molecular weight is 687 g/mol.